The van der Waals surface area contributed by atoms with Crippen molar-refractivity contribution in [2.75, 3.05) is 6.61 Å². The summed E-state index contributed by atoms with van der Waals surface area (Å²) in [6.07, 6.45) is 46.5. The van der Waals surface area contributed by atoms with Crippen LogP contribution in [0.25, 0.3) is 0 Å². The standard InChI is InChI=1S/C46H89NO5/c1-3-5-7-9-11-13-15-17-18-19-20-21-22-23-24-25-26-27-28-30-32-34-36-38-40-44(50)46(52)47-42(41-48)45(51)43(49)39-37-35-33-31-29-16-14-12-10-8-6-4-2/h12,14,31,33,42-45,48-51H,3-11,13,15-30,32,34-41H2,1-2H3,(H,47,52)/b14-12+,33-31+. The summed E-state index contributed by atoms with van der Waals surface area (Å²) in [5.74, 6) is -0.596. The molecule has 0 aliphatic heterocycles. The first-order chi connectivity index (χ1) is 25.5. The van der Waals surface area contributed by atoms with Crippen molar-refractivity contribution in [3.8, 4) is 0 Å². The molecular formula is C46H89NO5. The summed E-state index contributed by atoms with van der Waals surface area (Å²) in [6, 6.07) is -1.00. The zero-order valence-electron chi connectivity index (χ0n) is 34.6. The number of unbranched alkanes of at least 4 members (excludes halogenated alkanes) is 28. The van der Waals surface area contributed by atoms with Crippen molar-refractivity contribution in [1.82, 2.24) is 5.32 Å². The molecule has 6 heteroatoms. The lowest BCUT2D eigenvalue weighted by Gasteiger charge is -2.27. The number of amides is 1. The Hall–Kier alpha value is -1.21. The van der Waals surface area contributed by atoms with E-state index in [0.717, 1.165) is 44.9 Å². The van der Waals surface area contributed by atoms with Crippen LogP contribution in [0.1, 0.15) is 232 Å². The molecule has 0 rings (SSSR count). The summed E-state index contributed by atoms with van der Waals surface area (Å²) in [5, 5.41) is 43.6. The van der Waals surface area contributed by atoms with E-state index in [4.69, 9.17) is 0 Å². The summed E-state index contributed by atoms with van der Waals surface area (Å²) in [7, 11) is 0. The van der Waals surface area contributed by atoms with Crippen LogP contribution in [0.3, 0.4) is 0 Å². The Labute approximate surface area is 323 Å². The second kappa shape index (κ2) is 41.0. The van der Waals surface area contributed by atoms with E-state index in [1.54, 1.807) is 0 Å². The first kappa shape index (κ1) is 50.8. The van der Waals surface area contributed by atoms with Crippen LogP contribution >= 0.6 is 0 Å². The minimum absolute atomic E-state index is 0.364. The van der Waals surface area contributed by atoms with Crippen LogP contribution in [-0.4, -0.2) is 57.3 Å². The first-order valence-electron chi connectivity index (χ1n) is 22.7. The predicted molar refractivity (Wildman–Crippen MR) is 224 cm³/mol. The fourth-order valence-corrected chi connectivity index (χ4v) is 7.01. The molecule has 0 fully saturated rings. The second-order valence-electron chi connectivity index (χ2n) is 15.7. The average Bonchev–Trinajstić information content (AvgIpc) is 3.15. The number of aliphatic hydroxyl groups excluding tert-OH is 4. The highest BCUT2D eigenvalue weighted by Crippen LogP contribution is 2.17. The molecule has 0 aliphatic carbocycles. The second-order valence-corrected chi connectivity index (χ2v) is 15.7. The van der Waals surface area contributed by atoms with Gasteiger partial charge < -0.3 is 25.7 Å². The number of hydrogen-bond donors (Lipinski definition) is 5. The van der Waals surface area contributed by atoms with Gasteiger partial charge in [-0.1, -0.05) is 205 Å². The van der Waals surface area contributed by atoms with Crippen molar-refractivity contribution >= 4 is 5.91 Å². The van der Waals surface area contributed by atoms with Crippen molar-refractivity contribution in [1.29, 1.82) is 0 Å². The molecule has 0 heterocycles. The van der Waals surface area contributed by atoms with Crippen molar-refractivity contribution in [2.45, 2.75) is 257 Å². The van der Waals surface area contributed by atoms with E-state index in [0.29, 0.717) is 19.3 Å². The van der Waals surface area contributed by atoms with E-state index < -0.39 is 36.9 Å². The number of aliphatic hydroxyl groups is 4. The number of carbonyl (C=O) groups is 1. The molecule has 4 atom stereocenters. The lowest BCUT2D eigenvalue weighted by atomic mass is 10.00. The zero-order chi connectivity index (χ0) is 38.2. The highest BCUT2D eigenvalue weighted by molar-refractivity contribution is 5.80. The summed E-state index contributed by atoms with van der Waals surface area (Å²) >= 11 is 0. The Bertz CT molecular complexity index is 787. The summed E-state index contributed by atoms with van der Waals surface area (Å²) in [5.41, 5.74) is 0. The van der Waals surface area contributed by atoms with Crippen LogP contribution in [0.4, 0.5) is 0 Å². The highest BCUT2D eigenvalue weighted by atomic mass is 16.3. The molecule has 308 valence electrons. The van der Waals surface area contributed by atoms with Gasteiger partial charge in [-0.3, -0.25) is 4.79 Å². The molecule has 1 amide bonds. The summed E-state index contributed by atoms with van der Waals surface area (Å²) in [4.78, 5) is 12.5. The van der Waals surface area contributed by atoms with Gasteiger partial charge >= 0.3 is 0 Å². The third-order valence-electron chi connectivity index (χ3n) is 10.6. The fraction of sp³-hybridized carbons (Fsp3) is 0.891. The summed E-state index contributed by atoms with van der Waals surface area (Å²) < 4.78 is 0. The van der Waals surface area contributed by atoms with E-state index in [1.165, 1.54) is 154 Å². The maximum atomic E-state index is 12.5. The van der Waals surface area contributed by atoms with Gasteiger partial charge in [-0.15, -0.1) is 0 Å². The molecular weight excluding hydrogens is 647 g/mol. The van der Waals surface area contributed by atoms with E-state index in [9.17, 15) is 25.2 Å². The molecule has 0 aromatic rings. The fourth-order valence-electron chi connectivity index (χ4n) is 7.01. The Kier molecular flexibility index (Phi) is 40.0. The zero-order valence-corrected chi connectivity index (χ0v) is 34.6. The molecule has 0 saturated carbocycles. The Morgan fingerprint density at radius 2 is 0.808 bits per heavy atom. The van der Waals surface area contributed by atoms with Gasteiger partial charge in [0.15, 0.2) is 0 Å². The molecule has 0 bridgehead atoms. The predicted octanol–water partition coefficient (Wildman–Crippen LogP) is 12.0. The van der Waals surface area contributed by atoms with Crippen molar-refractivity contribution in [3.63, 3.8) is 0 Å². The topological polar surface area (TPSA) is 110 Å². The molecule has 4 unspecified atom stereocenters. The maximum absolute atomic E-state index is 12.5. The molecule has 0 radical (unpaired) electrons. The number of hydrogen-bond acceptors (Lipinski definition) is 5. The van der Waals surface area contributed by atoms with Gasteiger partial charge in [0.25, 0.3) is 0 Å². The van der Waals surface area contributed by atoms with Gasteiger partial charge in [0, 0.05) is 0 Å². The smallest absolute Gasteiger partial charge is 0.249 e. The quantitative estimate of drug-likeness (QED) is 0.0317. The van der Waals surface area contributed by atoms with Crippen LogP contribution in [0.2, 0.25) is 0 Å². The van der Waals surface area contributed by atoms with Crippen LogP contribution in [0.15, 0.2) is 24.3 Å². The Morgan fingerprint density at radius 3 is 1.21 bits per heavy atom. The number of rotatable bonds is 41. The van der Waals surface area contributed by atoms with E-state index in [2.05, 4.69) is 43.5 Å². The monoisotopic (exact) mass is 736 g/mol. The minimum Gasteiger partial charge on any atom is -0.394 e. The van der Waals surface area contributed by atoms with E-state index in [-0.39, 0.29) is 0 Å². The summed E-state index contributed by atoms with van der Waals surface area (Å²) in [6.45, 7) is 4.01. The first-order valence-corrected chi connectivity index (χ1v) is 22.7. The molecule has 0 spiro atoms. The van der Waals surface area contributed by atoms with Crippen LogP contribution in [0.5, 0.6) is 0 Å². The third-order valence-corrected chi connectivity index (χ3v) is 10.6. The number of nitrogens with one attached hydrogen (secondary N) is 1. The van der Waals surface area contributed by atoms with Gasteiger partial charge in [-0.2, -0.15) is 0 Å². The average molecular weight is 736 g/mol. The van der Waals surface area contributed by atoms with Crippen LogP contribution in [-0.2, 0) is 4.79 Å². The molecule has 6 nitrogen and oxygen atoms in total. The van der Waals surface area contributed by atoms with Crippen molar-refractivity contribution in [2.24, 2.45) is 0 Å². The SMILES string of the molecule is CCCCC/C=C/CC/C=C/CCCC(O)C(O)C(CO)NC(=O)C(O)CCCCCCCCCCCCCCCCCCCCCCCCCC. The maximum Gasteiger partial charge on any atom is 0.249 e. The van der Waals surface area contributed by atoms with Gasteiger partial charge in [0.2, 0.25) is 5.91 Å². The van der Waals surface area contributed by atoms with Gasteiger partial charge in [-0.05, 0) is 51.4 Å². The van der Waals surface area contributed by atoms with E-state index >= 15 is 0 Å². The van der Waals surface area contributed by atoms with Gasteiger partial charge in [-0.25, -0.2) is 0 Å². The molecule has 0 saturated heterocycles. The number of allylic oxidation sites excluding steroid dienone is 4. The molecule has 0 aromatic carbocycles. The third kappa shape index (κ3) is 34.6. The van der Waals surface area contributed by atoms with E-state index in [1.807, 2.05) is 0 Å². The van der Waals surface area contributed by atoms with Gasteiger partial charge in [0.05, 0.1) is 18.8 Å². The molecule has 0 aromatic heterocycles. The van der Waals surface area contributed by atoms with Gasteiger partial charge in [0.1, 0.15) is 12.2 Å². The number of carbonyl (C=O) groups excluding carboxylic acids is 1. The lowest BCUT2D eigenvalue weighted by Crippen LogP contribution is -2.53. The molecule has 52 heavy (non-hydrogen) atoms. The van der Waals surface area contributed by atoms with Crippen LogP contribution < -0.4 is 5.32 Å². The highest BCUT2D eigenvalue weighted by Gasteiger charge is 2.28. The minimum atomic E-state index is -1.29. The van der Waals surface area contributed by atoms with Crippen molar-refractivity contribution in [3.05, 3.63) is 24.3 Å². The van der Waals surface area contributed by atoms with Crippen molar-refractivity contribution < 1.29 is 25.2 Å². The lowest BCUT2D eigenvalue weighted by molar-refractivity contribution is -0.132. The molecule has 0 aliphatic rings. The molecule has 5 N–H and O–H groups in total. The Morgan fingerprint density at radius 1 is 0.462 bits per heavy atom. The van der Waals surface area contributed by atoms with Crippen LogP contribution in [0, 0.1) is 0 Å². The normalized spacial score (nSPS) is 14.3. The Balaban J connectivity index is 3.67. The largest absolute Gasteiger partial charge is 0.394 e.